The van der Waals surface area contributed by atoms with E-state index in [4.69, 9.17) is 11.1 Å². The lowest BCUT2D eigenvalue weighted by molar-refractivity contribution is -0.114. The molecule has 12 heavy (non-hydrogen) atoms. The number of benzene rings is 1. The van der Waals surface area contributed by atoms with Crippen LogP contribution in [0.25, 0.3) is 0 Å². The summed E-state index contributed by atoms with van der Waals surface area (Å²) in [5, 5.41) is 5.26. The number of hydrogen-bond donors (Lipinski definition) is 2. The van der Waals surface area contributed by atoms with E-state index >= 15 is 0 Å². The molecule has 0 saturated heterocycles. The number of aryl methyl sites for hydroxylation is 1. The van der Waals surface area contributed by atoms with Gasteiger partial charge in [-0.1, -0.05) is 6.07 Å². The minimum absolute atomic E-state index is 0. The standard InChI is InChI=1S/C8H9FN2.ClH/c1-5-2-3-6(8(10)11)4-7(5)9;/h2-4H,1H3,(H3,10,11);1H. The average molecular weight is 189 g/mol. The van der Waals surface area contributed by atoms with Crippen LogP contribution in [0.4, 0.5) is 4.39 Å². The van der Waals surface area contributed by atoms with Crippen molar-refractivity contribution in [2.45, 2.75) is 6.92 Å². The van der Waals surface area contributed by atoms with E-state index < -0.39 is 0 Å². The summed E-state index contributed by atoms with van der Waals surface area (Å²) in [5.74, 6) is -0.139. The molecular formula is C8H10ClFN2. The first kappa shape index (κ1) is 10.9. The third-order valence-electron chi connectivity index (χ3n) is 1.51. The number of amidine groups is 1. The van der Waals surface area contributed by atoms with Crippen molar-refractivity contribution in [3.63, 3.8) is 0 Å². The van der Waals surface area contributed by atoms with Gasteiger partial charge in [0, 0.05) is 0 Å². The smallest absolute Gasteiger partial charge is 0.270 e. The Balaban J connectivity index is 0.00000121. The lowest BCUT2D eigenvalue weighted by Crippen LogP contribution is -3.00. The van der Waals surface area contributed by atoms with Crippen molar-refractivity contribution in [3.8, 4) is 0 Å². The van der Waals surface area contributed by atoms with Gasteiger partial charge in [-0.2, -0.15) is 0 Å². The van der Waals surface area contributed by atoms with Crippen molar-refractivity contribution in [2.75, 3.05) is 0 Å². The highest BCUT2D eigenvalue weighted by Crippen LogP contribution is 2.07. The Labute approximate surface area is 76.5 Å². The Kier molecular flexibility index (Phi) is 3.70. The van der Waals surface area contributed by atoms with Crippen LogP contribution >= 0.6 is 0 Å². The van der Waals surface area contributed by atoms with E-state index in [-0.39, 0.29) is 24.1 Å². The maximum Gasteiger partial charge on any atom is 0.270 e. The quantitative estimate of drug-likeness (QED) is 0.351. The van der Waals surface area contributed by atoms with Crippen molar-refractivity contribution in [3.05, 3.63) is 35.1 Å². The molecule has 0 aliphatic heterocycles. The molecule has 0 spiro atoms. The van der Waals surface area contributed by atoms with Gasteiger partial charge >= 0.3 is 0 Å². The first-order valence-electron chi connectivity index (χ1n) is 3.25. The van der Waals surface area contributed by atoms with Crippen LogP contribution in [0.5, 0.6) is 0 Å². The van der Waals surface area contributed by atoms with Crippen molar-refractivity contribution in [1.82, 2.24) is 0 Å². The van der Waals surface area contributed by atoms with E-state index in [1.165, 1.54) is 6.07 Å². The van der Waals surface area contributed by atoms with E-state index in [0.717, 1.165) is 0 Å². The Hall–Kier alpha value is -1.09. The first-order chi connectivity index (χ1) is 5.11. The second-order valence-corrected chi connectivity index (χ2v) is 2.42. The van der Waals surface area contributed by atoms with E-state index in [1.807, 2.05) is 0 Å². The molecule has 0 aliphatic carbocycles. The molecule has 0 bridgehead atoms. The molecule has 0 saturated carbocycles. The first-order valence-corrected chi connectivity index (χ1v) is 3.25. The van der Waals surface area contributed by atoms with Gasteiger partial charge in [0.25, 0.3) is 5.84 Å². The summed E-state index contributed by atoms with van der Waals surface area (Å²) < 4.78 is 12.8. The average Bonchev–Trinajstić information content (AvgIpc) is 1.94. The largest absolute Gasteiger partial charge is 1.00 e. The van der Waals surface area contributed by atoms with Gasteiger partial charge in [-0.25, -0.2) is 4.39 Å². The minimum atomic E-state index is -0.282. The maximum atomic E-state index is 12.8. The molecule has 1 aromatic carbocycles. The molecular weight excluding hydrogens is 179 g/mol. The number of hydrogen-bond acceptors (Lipinski definition) is 0. The number of rotatable bonds is 1. The molecule has 0 amide bonds. The summed E-state index contributed by atoms with van der Waals surface area (Å²) in [6.45, 7) is 1.69. The van der Waals surface area contributed by atoms with Gasteiger partial charge in [0.15, 0.2) is 0 Å². The van der Waals surface area contributed by atoms with Crippen LogP contribution in [-0.4, -0.2) is 5.84 Å². The lowest BCUT2D eigenvalue weighted by Gasteiger charge is -1.96. The van der Waals surface area contributed by atoms with Crippen molar-refractivity contribution >= 4 is 5.84 Å². The number of halogens is 2. The second-order valence-electron chi connectivity index (χ2n) is 2.42. The summed E-state index contributed by atoms with van der Waals surface area (Å²) in [7, 11) is 0. The van der Waals surface area contributed by atoms with Gasteiger partial charge in [0.2, 0.25) is 0 Å². The molecule has 0 atom stereocenters. The van der Waals surface area contributed by atoms with Crippen molar-refractivity contribution in [2.24, 2.45) is 5.73 Å². The second kappa shape index (κ2) is 4.07. The van der Waals surface area contributed by atoms with E-state index in [1.54, 1.807) is 19.1 Å². The van der Waals surface area contributed by atoms with Gasteiger partial charge in [-0.05, 0) is 24.6 Å². The van der Waals surface area contributed by atoms with Gasteiger partial charge in [0.1, 0.15) is 5.82 Å². The van der Waals surface area contributed by atoms with Crippen molar-refractivity contribution in [1.29, 1.82) is 0 Å². The van der Waals surface area contributed by atoms with Crippen LogP contribution < -0.4 is 23.5 Å². The Morgan fingerprint density at radius 3 is 2.50 bits per heavy atom. The molecule has 4 heteroatoms. The van der Waals surface area contributed by atoms with E-state index in [0.29, 0.717) is 11.1 Å². The van der Waals surface area contributed by atoms with Crippen LogP contribution in [0.1, 0.15) is 11.1 Å². The van der Waals surface area contributed by atoms with Gasteiger partial charge in [-0.3, -0.25) is 11.1 Å². The molecule has 1 aromatic rings. The normalized spacial score (nSPS) is 8.83. The molecule has 4 N–H and O–H groups in total. The summed E-state index contributed by atoms with van der Waals surface area (Å²) >= 11 is 0. The van der Waals surface area contributed by atoms with Gasteiger partial charge in [-0.15, -0.1) is 0 Å². The molecule has 0 heterocycles. The molecule has 0 fully saturated rings. The zero-order valence-corrected chi connectivity index (χ0v) is 7.40. The minimum Gasteiger partial charge on any atom is -1.00 e. The fourth-order valence-electron chi connectivity index (χ4n) is 0.772. The van der Waals surface area contributed by atoms with Crippen LogP contribution in [0.15, 0.2) is 18.2 Å². The summed E-state index contributed by atoms with van der Waals surface area (Å²) in [6.07, 6.45) is 0. The van der Waals surface area contributed by atoms with E-state index in [2.05, 4.69) is 0 Å². The Morgan fingerprint density at radius 2 is 2.08 bits per heavy atom. The van der Waals surface area contributed by atoms with Gasteiger partial charge < -0.3 is 12.4 Å². The molecule has 0 radical (unpaired) electrons. The predicted octanol–water partition coefficient (Wildman–Crippen LogP) is -3.40. The van der Waals surface area contributed by atoms with Crippen LogP contribution in [0.2, 0.25) is 0 Å². The Bertz CT molecular complexity index is 299. The maximum absolute atomic E-state index is 12.8. The highest BCUT2D eigenvalue weighted by molar-refractivity contribution is 5.92. The molecule has 66 valence electrons. The highest BCUT2D eigenvalue weighted by Gasteiger charge is 2.03. The fraction of sp³-hybridized carbons (Fsp3) is 0.125. The molecule has 1 rings (SSSR count). The molecule has 2 nitrogen and oxygen atoms in total. The highest BCUT2D eigenvalue weighted by atomic mass is 35.5. The third kappa shape index (κ3) is 2.20. The summed E-state index contributed by atoms with van der Waals surface area (Å²) in [5.41, 5.74) is 6.39. The predicted molar refractivity (Wildman–Crippen MR) is 41.4 cm³/mol. The Morgan fingerprint density at radius 1 is 1.50 bits per heavy atom. The summed E-state index contributed by atoms with van der Waals surface area (Å²) in [6, 6.07) is 4.66. The van der Waals surface area contributed by atoms with Crippen LogP contribution in [0, 0.1) is 12.7 Å². The lowest BCUT2D eigenvalue weighted by atomic mass is 10.1. The monoisotopic (exact) mass is 188 g/mol. The van der Waals surface area contributed by atoms with Gasteiger partial charge in [0.05, 0.1) is 5.56 Å². The summed E-state index contributed by atoms with van der Waals surface area (Å²) in [4.78, 5) is 0. The van der Waals surface area contributed by atoms with E-state index in [9.17, 15) is 4.39 Å². The SMILES string of the molecule is Cc1ccc(C(N)=[NH2+])cc1F.[Cl-]. The number of nitrogens with two attached hydrogens (primary N) is 2. The third-order valence-corrected chi connectivity index (χ3v) is 1.51. The molecule has 0 aliphatic rings. The molecule has 0 aromatic heterocycles. The van der Waals surface area contributed by atoms with Crippen LogP contribution in [0.3, 0.4) is 0 Å². The zero-order valence-electron chi connectivity index (χ0n) is 6.64. The zero-order chi connectivity index (χ0) is 8.43. The van der Waals surface area contributed by atoms with Crippen molar-refractivity contribution < 1.29 is 22.2 Å². The topological polar surface area (TPSA) is 51.6 Å². The van der Waals surface area contributed by atoms with Crippen LogP contribution in [-0.2, 0) is 0 Å². The molecule has 0 unspecified atom stereocenters. The fourth-order valence-corrected chi connectivity index (χ4v) is 0.772.